The van der Waals surface area contributed by atoms with Gasteiger partial charge in [-0.15, -0.1) is 0 Å². The van der Waals surface area contributed by atoms with Crippen LogP contribution in [0.2, 0.25) is 0 Å². The van der Waals surface area contributed by atoms with E-state index >= 15 is 0 Å². The fourth-order valence-corrected chi connectivity index (χ4v) is 2.95. The van der Waals surface area contributed by atoms with Crippen LogP contribution < -0.4 is 10.6 Å². The molecule has 1 heterocycles. The molecule has 2 fully saturated rings. The quantitative estimate of drug-likeness (QED) is 0.831. The van der Waals surface area contributed by atoms with E-state index in [1.54, 1.807) is 7.11 Å². The van der Waals surface area contributed by atoms with Crippen LogP contribution in [0.5, 0.6) is 0 Å². The lowest BCUT2D eigenvalue weighted by Gasteiger charge is -2.30. The molecule has 1 aliphatic carbocycles. The van der Waals surface area contributed by atoms with Crippen LogP contribution in [-0.2, 0) is 9.53 Å². The number of rotatable bonds is 3. The first kappa shape index (κ1) is 15.6. The molecule has 0 aromatic carbocycles. The van der Waals surface area contributed by atoms with E-state index in [0.717, 1.165) is 0 Å². The lowest BCUT2D eigenvalue weighted by Crippen LogP contribution is -2.47. The van der Waals surface area contributed by atoms with E-state index in [1.807, 2.05) is 0 Å². The second-order valence-electron chi connectivity index (χ2n) is 5.65. The fourth-order valence-electron chi connectivity index (χ4n) is 2.95. The number of halogens is 3. The van der Waals surface area contributed by atoms with Gasteiger partial charge in [-0.3, -0.25) is 4.79 Å². The number of nitrogens with one attached hydrogen (secondary N) is 2. The molecule has 116 valence electrons. The van der Waals surface area contributed by atoms with E-state index in [0.29, 0.717) is 25.8 Å². The molecule has 1 saturated heterocycles. The summed E-state index contributed by atoms with van der Waals surface area (Å²) in [5.41, 5.74) is 0. The SMILES string of the molecule is COC1CNC(C(=O)NC2CCC(C(F)(F)F)CC2)C1. The Morgan fingerprint density at radius 3 is 2.40 bits per heavy atom. The molecule has 7 heteroatoms. The van der Waals surface area contributed by atoms with E-state index in [4.69, 9.17) is 4.74 Å². The molecule has 20 heavy (non-hydrogen) atoms. The second kappa shape index (κ2) is 6.30. The van der Waals surface area contributed by atoms with Gasteiger partial charge in [0.1, 0.15) is 0 Å². The Morgan fingerprint density at radius 1 is 1.25 bits per heavy atom. The van der Waals surface area contributed by atoms with E-state index < -0.39 is 12.1 Å². The first-order chi connectivity index (χ1) is 9.40. The van der Waals surface area contributed by atoms with Gasteiger partial charge in [-0.05, 0) is 32.1 Å². The van der Waals surface area contributed by atoms with Gasteiger partial charge in [0.05, 0.1) is 18.1 Å². The van der Waals surface area contributed by atoms with Gasteiger partial charge in [0, 0.05) is 19.7 Å². The van der Waals surface area contributed by atoms with E-state index in [9.17, 15) is 18.0 Å². The first-order valence-corrected chi connectivity index (χ1v) is 7.03. The molecular weight excluding hydrogens is 273 g/mol. The Morgan fingerprint density at radius 2 is 1.90 bits per heavy atom. The summed E-state index contributed by atoms with van der Waals surface area (Å²) >= 11 is 0. The maximum atomic E-state index is 12.5. The summed E-state index contributed by atoms with van der Waals surface area (Å²) in [6, 6.07) is -0.426. The molecule has 2 aliphatic rings. The van der Waals surface area contributed by atoms with Crippen LogP contribution in [0, 0.1) is 5.92 Å². The zero-order chi connectivity index (χ0) is 14.8. The molecule has 1 saturated carbocycles. The van der Waals surface area contributed by atoms with Crippen molar-refractivity contribution in [2.45, 2.75) is 56.5 Å². The number of ether oxygens (including phenoxy) is 1. The lowest BCUT2D eigenvalue weighted by atomic mass is 9.85. The van der Waals surface area contributed by atoms with Crippen molar-refractivity contribution < 1.29 is 22.7 Å². The van der Waals surface area contributed by atoms with Crippen molar-refractivity contribution in [1.29, 1.82) is 0 Å². The number of carbonyl (C=O) groups excluding carboxylic acids is 1. The van der Waals surface area contributed by atoms with E-state index in [1.165, 1.54) is 0 Å². The average molecular weight is 294 g/mol. The highest BCUT2D eigenvalue weighted by molar-refractivity contribution is 5.82. The Balaban J connectivity index is 1.74. The Bertz CT molecular complexity index is 341. The van der Waals surface area contributed by atoms with Gasteiger partial charge >= 0.3 is 6.18 Å². The van der Waals surface area contributed by atoms with Gasteiger partial charge in [-0.25, -0.2) is 0 Å². The maximum absolute atomic E-state index is 12.5. The zero-order valence-electron chi connectivity index (χ0n) is 11.5. The molecule has 2 atom stereocenters. The molecule has 1 aliphatic heterocycles. The monoisotopic (exact) mass is 294 g/mol. The number of hydrogen-bond donors (Lipinski definition) is 2. The van der Waals surface area contributed by atoms with Crippen LogP contribution in [-0.4, -0.2) is 43.9 Å². The van der Waals surface area contributed by atoms with E-state index in [-0.39, 0.29) is 36.9 Å². The van der Waals surface area contributed by atoms with Crippen molar-refractivity contribution in [2.24, 2.45) is 5.92 Å². The second-order valence-corrected chi connectivity index (χ2v) is 5.65. The number of carbonyl (C=O) groups is 1. The molecule has 0 radical (unpaired) electrons. The lowest BCUT2D eigenvalue weighted by molar-refractivity contribution is -0.182. The Labute approximate surface area is 116 Å². The predicted molar refractivity (Wildman–Crippen MR) is 67.1 cm³/mol. The minimum absolute atomic E-state index is 0.0340. The molecule has 0 spiro atoms. The zero-order valence-corrected chi connectivity index (χ0v) is 11.5. The molecular formula is C13H21F3N2O2. The highest BCUT2D eigenvalue weighted by Crippen LogP contribution is 2.37. The van der Waals surface area contributed by atoms with Crippen molar-refractivity contribution in [2.75, 3.05) is 13.7 Å². The van der Waals surface area contributed by atoms with Crippen LogP contribution in [0.15, 0.2) is 0 Å². The van der Waals surface area contributed by atoms with Crippen LogP contribution in [0.25, 0.3) is 0 Å². The van der Waals surface area contributed by atoms with Gasteiger partial charge in [-0.2, -0.15) is 13.2 Å². The third kappa shape index (κ3) is 3.85. The molecule has 2 rings (SSSR count). The average Bonchev–Trinajstić information content (AvgIpc) is 2.87. The Hall–Kier alpha value is -0.820. The van der Waals surface area contributed by atoms with Crippen molar-refractivity contribution in [1.82, 2.24) is 10.6 Å². The molecule has 4 nitrogen and oxygen atoms in total. The molecule has 0 bridgehead atoms. The number of methoxy groups -OCH3 is 1. The van der Waals surface area contributed by atoms with Gasteiger partial charge in [0.15, 0.2) is 0 Å². The summed E-state index contributed by atoms with van der Waals surface area (Å²) in [6.45, 7) is 0.634. The highest BCUT2D eigenvalue weighted by Gasteiger charge is 2.42. The van der Waals surface area contributed by atoms with E-state index in [2.05, 4.69) is 10.6 Å². The first-order valence-electron chi connectivity index (χ1n) is 7.03. The smallest absolute Gasteiger partial charge is 0.380 e. The van der Waals surface area contributed by atoms with Crippen LogP contribution in [0.1, 0.15) is 32.1 Å². The molecule has 2 N–H and O–H groups in total. The van der Waals surface area contributed by atoms with Crippen LogP contribution >= 0.6 is 0 Å². The Kier molecular flexibility index (Phi) is 4.90. The summed E-state index contributed by atoms with van der Waals surface area (Å²) < 4.78 is 42.8. The summed E-state index contributed by atoms with van der Waals surface area (Å²) in [7, 11) is 1.60. The van der Waals surface area contributed by atoms with Crippen LogP contribution in [0.3, 0.4) is 0 Å². The highest BCUT2D eigenvalue weighted by atomic mass is 19.4. The normalized spacial score (nSPS) is 35.0. The van der Waals surface area contributed by atoms with Crippen molar-refractivity contribution in [3.05, 3.63) is 0 Å². The largest absolute Gasteiger partial charge is 0.391 e. The minimum atomic E-state index is -4.10. The third-order valence-electron chi connectivity index (χ3n) is 4.28. The minimum Gasteiger partial charge on any atom is -0.380 e. The van der Waals surface area contributed by atoms with Gasteiger partial charge in [-0.1, -0.05) is 0 Å². The molecule has 1 amide bonds. The third-order valence-corrected chi connectivity index (χ3v) is 4.28. The molecule has 2 unspecified atom stereocenters. The van der Waals surface area contributed by atoms with Gasteiger partial charge < -0.3 is 15.4 Å². The number of amides is 1. The van der Waals surface area contributed by atoms with Crippen molar-refractivity contribution in [3.63, 3.8) is 0 Å². The van der Waals surface area contributed by atoms with Crippen molar-refractivity contribution in [3.8, 4) is 0 Å². The summed E-state index contributed by atoms with van der Waals surface area (Å²) in [5, 5.41) is 5.92. The van der Waals surface area contributed by atoms with Gasteiger partial charge in [0.25, 0.3) is 0 Å². The molecule has 0 aromatic rings. The fraction of sp³-hybridized carbons (Fsp3) is 0.923. The summed E-state index contributed by atoms with van der Waals surface area (Å²) in [6.07, 6.45) is -2.45. The summed E-state index contributed by atoms with van der Waals surface area (Å²) in [4.78, 5) is 12.0. The molecule has 0 aromatic heterocycles. The predicted octanol–water partition coefficient (Wildman–Crippen LogP) is 1.60. The van der Waals surface area contributed by atoms with Crippen molar-refractivity contribution >= 4 is 5.91 Å². The summed E-state index contributed by atoms with van der Waals surface area (Å²) in [5.74, 6) is -1.34. The standard InChI is InChI=1S/C13H21F3N2O2/c1-20-10-6-11(17-7-10)12(19)18-9-4-2-8(3-5-9)13(14,15)16/h8-11,17H,2-7H2,1H3,(H,18,19). The maximum Gasteiger partial charge on any atom is 0.391 e. The number of alkyl halides is 3. The van der Waals surface area contributed by atoms with Crippen LogP contribution in [0.4, 0.5) is 13.2 Å². The van der Waals surface area contributed by atoms with Gasteiger partial charge in [0.2, 0.25) is 5.91 Å². The topological polar surface area (TPSA) is 50.4 Å². The number of hydrogen-bond acceptors (Lipinski definition) is 3.